The van der Waals surface area contributed by atoms with Crippen LogP contribution in [0.15, 0.2) is 75.0 Å². The predicted molar refractivity (Wildman–Crippen MR) is 133 cm³/mol. The molecule has 0 saturated heterocycles. The second-order valence-electron chi connectivity index (χ2n) is 7.83. The number of nitrogens with one attached hydrogen (secondary N) is 2. The van der Waals surface area contributed by atoms with Crippen LogP contribution >= 0.6 is 11.3 Å². The van der Waals surface area contributed by atoms with Crippen molar-refractivity contribution in [2.45, 2.75) is 25.3 Å². The number of hydrogen-bond donors (Lipinski definition) is 2. The smallest absolute Gasteiger partial charge is 0.296 e. The second kappa shape index (κ2) is 9.32. The molecule has 0 bridgehead atoms. The number of carbonyl (C=O) groups is 1. The van der Waals surface area contributed by atoms with Gasteiger partial charge in [-0.15, -0.1) is 0 Å². The van der Waals surface area contributed by atoms with E-state index in [0.717, 1.165) is 5.56 Å². The zero-order chi connectivity index (χ0) is 24.5. The first-order valence-corrected chi connectivity index (χ1v) is 12.9. The number of carbonyl (C=O) groups excluding carboxylic acids is 1. The highest BCUT2D eigenvalue weighted by Crippen LogP contribution is 2.21. The third-order valence-electron chi connectivity index (χ3n) is 5.59. The Bertz CT molecular complexity index is 1500. The fourth-order valence-corrected chi connectivity index (χ4v) is 5.37. The molecule has 2 aromatic heterocycles. The van der Waals surface area contributed by atoms with Crippen LogP contribution in [0.25, 0.3) is 5.69 Å². The number of sulfonamides is 1. The monoisotopic (exact) mass is 496 g/mol. The minimum Gasteiger partial charge on any atom is -0.348 e. The number of aromatic nitrogens is 2. The highest BCUT2D eigenvalue weighted by molar-refractivity contribution is 7.92. The van der Waals surface area contributed by atoms with Crippen LogP contribution in [-0.4, -0.2) is 23.7 Å². The highest BCUT2D eigenvalue weighted by atomic mass is 32.2. The maximum atomic E-state index is 13.2. The van der Waals surface area contributed by atoms with Crippen molar-refractivity contribution in [3.8, 4) is 5.69 Å². The molecule has 0 radical (unpaired) electrons. The highest BCUT2D eigenvalue weighted by Gasteiger charge is 2.24. The summed E-state index contributed by atoms with van der Waals surface area (Å²) in [5.41, 5.74) is 2.40. The van der Waals surface area contributed by atoms with Crippen LogP contribution in [0.1, 0.15) is 27.2 Å². The largest absolute Gasteiger partial charge is 0.348 e. The molecule has 4 aromatic rings. The Labute approximate surface area is 201 Å². The summed E-state index contributed by atoms with van der Waals surface area (Å²) in [6.07, 6.45) is 0. The van der Waals surface area contributed by atoms with Crippen LogP contribution in [0, 0.1) is 13.8 Å². The van der Waals surface area contributed by atoms with Crippen molar-refractivity contribution in [3.63, 3.8) is 0 Å². The average Bonchev–Trinajstić information content (AvgIpc) is 3.41. The number of anilines is 1. The van der Waals surface area contributed by atoms with Crippen molar-refractivity contribution in [3.05, 3.63) is 98.1 Å². The molecule has 0 saturated carbocycles. The van der Waals surface area contributed by atoms with Gasteiger partial charge in [-0.1, -0.05) is 24.3 Å². The fourth-order valence-electron chi connectivity index (χ4n) is 3.56. The molecule has 10 heteroatoms. The maximum absolute atomic E-state index is 13.2. The summed E-state index contributed by atoms with van der Waals surface area (Å²) >= 11 is 1.53. The van der Waals surface area contributed by atoms with Crippen LogP contribution in [0.3, 0.4) is 0 Å². The molecule has 0 aliphatic heterocycles. The molecule has 0 aliphatic rings. The predicted octanol–water partition coefficient (Wildman–Crippen LogP) is 3.59. The summed E-state index contributed by atoms with van der Waals surface area (Å²) < 4.78 is 31.8. The van der Waals surface area contributed by atoms with Gasteiger partial charge in [0.2, 0.25) is 0 Å². The molecule has 176 valence electrons. The van der Waals surface area contributed by atoms with Crippen LogP contribution in [0.4, 0.5) is 5.69 Å². The summed E-state index contributed by atoms with van der Waals surface area (Å²) in [5.74, 6) is -0.372. The second-order valence-corrected chi connectivity index (χ2v) is 10.3. The standard InChI is InChI=1S/C24H24N4O4S2/c1-16-9-10-20(13-21(16)23(29)25-14-18-11-12-33-15-18)34(31,32)26-22-17(2)27(3)28(24(22)30)19-7-5-4-6-8-19/h4-13,15,26H,14H2,1-3H3,(H,25,29). The summed E-state index contributed by atoms with van der Waals surface area (Å²) in [7, 11) is -2.45. The van der Waals surface area contributed by atoms with Gasteiger partial charge in [0.15, 0.2) is 0 Å². The Kier molecular flexibility index (Phi) is 6.45. The van der Waals surface area contributed by atoms with Crippen LogP contribution < -0.4 is 15.6 Å². The minimum atomic E-state index is -4.13. The van der Waals surface area contributed by atoms with Crippen LogP contribution in [0.2, 0.25) is 0 Å². The topological polar surface area (TPSA) is 102 Å². The van der Waals surface area contributed by atoms with Crippen LogP contribution in [-0.2, 0) is 23.6 Å². The van der Waals surface area contributed by atoms with E-state index in [4.69, 9.17) is 0 Å². The van der Waals surface area contributed by atoms with Gasteiger partial charge in [0.05, 0.1) is 16.3 Å². The lowest BCUT2D eigenvalue weighted by molar-refractivity contribution is 0.0950. The van der Waals surface area contributed by atoms with Gasteiger partial charge in [-0.2, -0.15) is 11.3 Å². The molecule has 2 heterocycles. The number of hydrogen-bond acceptors (Lipinski definition) is 5. The average molecular weight is 497 g/mol. The Morgan fingerprint density at radius 3 is 2.47 bits per heavy atom. The molecule has 0 aliphatic carbocycles. The maximum Gasteiger partial charge on any atom is 0.296 e. The molecule has 0 spiro atoms. The lowest BCUT2D eigenvalue weighted by atomic mass is 10.1. The van der Waals surface area contributed by atoms with E-state index in [1.54, 1.807) is 55.9 Å². The summed E-state index contributed by atoms with van der Waals surface area (Å²) in [6, 6.07) is 15.2. The third kappa shape index (κ3) is 4.55. The van der Waals surface area contributed by atoms with E-state index in [9.17, 15) is 18.0 Å². The fraction of sp³-hybridized carbons (Fsp3) is 0.167. The zero-order valence-electron chi connectivity index (χ0n) is 18.9. The SMILES string of the molecule is Cc1ccc(S(=O)(=O)Nc2c(C)n(C)n(-c3ccccc3)c2=O)cc1C(=O)NCc1ccsc1. The first-order valence-electron chi connectivity index (χ1n) is 10.5. The molecule has 34 heavy (non-hydrogen) atoms. The molecule has 0 fully saturated rings. The first kappa shape index (κ1) is 23.5. The van der Waals surface area contributed by atoms with Gasteiger partial charge in [0, 0.05) is 19.2 Å². The van der Waals surface area contributed by atoms with Crippen LogP contribution in [0.5, 0.6) is 0 Å². The minimum absolute atomic E-state index is 0.0459. The molecule has 0 atom stereocenters. The Hall–Kier alpha value is -3.63. The van der Waals surface area contributed by atoms with E-state index in [1.165, 1.54) is 28.2 Å². The van der Waals surface area contributed by atoms with E-state index in [1.807, 2.05) is 22.9 Å². The molecule has 2 aromatic carbocycles. The van der Waals surface area contributed by atoms with E-state index in [0.29, 0.717) is 23.5 Å². The number of amides is 1. The summed E-state index contributed by atoms with van der Waals surface area (Å²) in [4.78, 5) is 25.7. The Morgan fingerprint density at radius 2 is 1.79 bits per heavy atom. The molecule has 8 nitrogen and oxygen atoms in total. The van der Waals surface area contributed by atoms with Crippen molar-refractivity contribution in [1.82, 2.24) is 14.7 Å². The van der Waals surface area contributed by atoms with E-state index in [-0.39, 0.29) is 22.1 Å². The van der Waals surface area contributed by atoms with Gasteiger partial charge < -0.3 is 5.32 Å². The van der Waals surface area contributed by atoms with E-state index >= 15 is 0 Å². The van der Waals surface area contributed by atoms with Crippen molar-refractivity contribution in [2.75, 3.05) is 4.72 Å². The number of nitrogens with zero attached hydrogens (tertiary/aromatic N) is 2. The molecular formula is C24H24N4O4S2. The number of aryl methyl sites for hydroxylation is 1. The Balaban J connectivity index is 1.64. The molecular weight excluding hydrogens is 472 g/mol. The Morgan fingerprint density at radius 1 is 1.06 bits per heavy atom. The number of thiophene rings is 1. The molecule has 2 N–H and O–H groups in total. The van der Waals surface area contributed by atoms with Crippen molar-refractivity contribution < 1.29 is 13.2 Å². The summed E-state index contributed by atoms with van der Waals surface area (Å²) in [5, 5.41) is 6.67. The lowest BCUT2D eigenvalue weighted by Crippen LogP contribution is -2.25. The molecule has 4 rings (SSSR count). The van der Waals surface area contributed by atoms with Gasteiger partial charge in [-0.25, -0.2) is 13.1 Å². The number of rotatable bonds is 7. The van der Waals surface area contributed by atoms with Gasteiger partial charge in [-0.05, 0) is 66.1 Å². The van der Waals surface area contributed by atoms with Gasteiger partial charge in [-0.3, -0.25) is 19.0 Å². The lowest BCUT2D eigenvalue weighted by Gasteiger charge is -2.11. The normalized spacial score (nSPS) is 11.4. The molecule has 1 amide bonds. The van der Waals surface area contributed by atoms with Crippen molar-refractivity contribution in [2.24, 2.45) is 7.05 Å². The van der Waals surface area contributed by atoms with Crippen molar-refractivity contribution >= 4 is 33.0 Å². The van der Waals surface area contributed by atoms with E-state index < -0.39 is 15.6 Å². The van der Waals surface area contributed by atoms with E-state index in [2.05, 4.69) is 10.0 Å². The first-order chi connectivity index (χ1) is 16.2. The number of para-hydroxylation sites is 1. The third-order valence-corrected chi connectivity index (χ3v) is 7.67. The van der Waals surface area contributed by atoms with Crippen molar-refractivity contribution in [1.29, 1.82) is 0 Å². The summed E-state index contributed by atoms with van der Waals surface area (Å²) in [6.45, 7) is 3.75. The van der Waals surface area contributed by atoms with Gasteiger partial charge >= 0.3 is 0 Å². The molecule has 0 unspecified atom stereocenters. The number of benzene rings is 2. The van der Waals surface area contributed by atoms with Gasteiger partial charge in [0.25, 0.3) is 21.5 Å². The quantitative estimate of drug-likeness (QED) is 0.408. The zero-order valence-corrected chi connectivity index (χ0v) is 20.5. The van der Waals surface area contributed by atoms with Gasteiger partial charge in [0.1, 0.15) is 5.69 Å².